The molecule has 0 spiro atoms. The molecule has 1 aliphatic rings. The molecule has 1 fully saturated rings. The van der Waals surface area contributed by atoms with Crippen LogP contribution < -0.4 is 11.1 Å². The van der Waals surface area contributed by atoms with Gasteiger partial charge in [-0.2, -0.15) is 11.8 Å². The van der Waals surface area contributed by atoms with Gasteiger partial charge < -0.3 is 11.1 Å². The van der Waals surface area contributed by atoms with E-state index in [0.717, 1.165) is 18.3 Å². The van der Waals surface area contributed by atoms with E-state index in [2.05, 4.69) is 15.3 Å². The Hall–Kier alpha value is -0.880. The van der Waals surface area contributed by atoms with Crippen LogP contribution >= 0.6 is 24.0 Å². The van der Waals surface area contributed by atoms with Crippen LogP contribution in [0.3, 0.4) is 0 Å². The maximum atomic E-state index is 5.44. The Bertz CT molecular complexity index is 360. The third-order valence-corrected chi connectivity index (χ3v) is 3.94. The molecule has 0 aromatic carbocycles. The SMILES string of the molecule is NC(=S)c1cnc(NCC2CCSC2)cn1. The van der Waals surface area contributed by atoms with Crippen molar-refractivity contribution < 1.29 is 0 Å². The zero-order valence-electron chi connectivity index (χ0n) is 8.85. The predicted octanol–water partition coefficient (Wildman–Crippen LogP) is 1.28. The third-order valence-electron chi connectivity index (χ3n) is 2.50. The Morgan fingerprint density at radius 1 is 1.56 bits per heavy atom. The number of nitrogens with two attached hydrogens (primary N) is 1. The molecule has 6 heteroatoms. The lowest BCUT2D eigenvalue weighted by atomic mass is 10.1. The maximum Gasteiger partial charge on any atom is 0.144 e. The van der Waals surface area contributed by atoms with Crippen molar-refractivity contribution >= 4 is 34.8 Å². The molecule has 1 aliphatic heterocycles. The van der Waals surface area contributed by atoms with Crippen molar-refractivity contribution in [2.45, 2.75) is 6.42 Å². The summed E-state index contributed by atoms with van der Waals surface area (Å²) in [4.78, 5) is 8.62. The van der Waals surface area contributed by atoms with Gasteiger partial charge in [0.15, 0.2) is 0 Å². The summed E-state index contributed by atoms with van der Waals surface area (Å²) in [5.41, 5.74) is 6.01. The molecule has 1 aromatic rings. The molecule has 16 heavy (non-hydrogen) atoms. The van der Waals surface area contributed by atoms with Gasteiger partial charge in [-0.1, -0.05) is 12.2 Å². The summed E-state index contributed by atoms with van der Waals surface area (Å²) in [6, 6.07) is 0. The summed E-state index contributed by atoms with van der Waals surface area (Å²) in [7, 11) is 0. The standard InChI is InChI=1S/C10H14N4S2/c11-10(15)8-4-14-9(5-12-8)13-3-7-1-2-16-6-7/h4-5,7H,1-3,6H2,(H2,11,15)(H,13,14). The van der Waals surface area contributed by atoms with Gasteiger partial charge in [0.2, 0.25) is 0 Å². The second-order valence-electron chi connectivity index (χ2n) is 3.76. The highest BCUT2D eigenvalue weighted by molar-refractivity contribution is 7.99. The van der Waals surface area contributed by atoms with Crippen molar-refractivity contribution in [1.82, 2.24) is 9.97 Å². The molecular weight excluding hydrogens is 240 g/mol. The summed E-state index contributed by atoms with van der Waals surface area (Å²) in [5, 5.41) is 3.28. The highest BCUT2D eigenvalue weighted by Gasteiger charge is 2.14. The molecule has 2 heterocycles. The van der Waals surface area contributed by atoms with Crippen LogP contribution in [0.1, 0.15) is 12.1 Å². The van der Waals surface area contributed by atoms with E-state index >= 15 is 0 Å². The van der Waals surface area contributed by atoms with Crippen molar-refractivity contribution in [2.24, 2.45) is 11.7 Å². The average molecular weight is 254 g/mol. The van der Waals surface area contributed by atoms with E-state index < -0.39 is 0 Å². The van der Waals surface area contributed by atoms with E-state index in [4.69, 9.17) is 18.0 Å². The fraction of sp³-hybridized carbons (Fsp3) is 0.500. The van der Waals surface area contributed by atoms with Crippen LogP contribution in [0.5, 0.6) is 0 Å². The number of nitrogens with zero attached hydrogens (tertiary/aromatic N) is 2. The molecule has 0 amide bonds. The van der Waals surface area contributed by atoms with Crippen molar-refractivity contribution in [3.63, 3.8) is 0 Å². The maximum absolute atomic E-state index is 5.44. The summed E-state index contributed by atoms with van der Waals surface area (Å²) in [5.74, 6) is 4.06. The zero-order valence-corrected chi connectivity index (χ0v) is 10.5. The fourth-order valence-corrected chi connectivity index (χ4v) is 2.93. The van der Waals surface area contributed by atoms with E-state index in [0.29, 0.717) is 5.69 Å². The first-order valence-electron chi connectivity index (χ1n) is 5.19. The Labute approximate surface area is 104 Å². The number of aromatic nitrogens is 2. The van der Waals surface area contributed by atoms with Gasteiger partial charge in [0.25, 0.3) is 0 Å². The van der Waals surface area contributed by atoms with Crippen molar-refractivity contribution in [3.05, 3.63) is 18.1 Å². The molecule has 1 atom stereocenters. The predicted molar refractivity (Wildman–Crippen MR) is 71.8 cm³/mol. The molecule has 0 saturated carbocycles. The Balaban J connectivity index is 1.87. The first-order chi connectivity index (χ1) is 7.75. The Morgan fingerprint density at radius 2 is 2.44 bits per heavy atom. The topological polar surface area (TPSA) is 63.8 Å². The molecule has 3 N–H and O–H groups in total. The number of thiocarbonyl (C=S) groups is 1. The molecule has 86 valence electrons. The van der Waals surface area contributed by atoms with Crippen LogP contribution in [0.15, 0.2) is 12.4 Å². The summed E-state index contributed by atoms with van der Waals surface area (Å²) in [6.07, 6.45) is 4.57. The highest BCUT2D eigenvalue weighted by Crippen LogP contribution is 2.23. The molecule has 2 rings (SSSR count). The van der Waals surface area contributed by atoms with Gasteiger partial charge in [0.05, 0.1) is 12.4 Å². The Kier molecular flexibility index (Phi) is 3.95. The largest absolute Gasteiger partial charge is 0.388 e. The van der Waals surface area contributed by atoms with E-state index in [9.17, 15) is 0 Å². The monoisotopic (exact) mass is 254 g/mol. The number of hydrogen-bond donors (Lipinski definition) is 2. The lowest BCUT2D eigenvalue weighted by Gasteiger charge is -2.10. The first kappa shape index (κ1) is 11.6. The van der Waals surface area contributed by atoms with Crippen LogP contribution in [-0.4, -0.2) is 33.0 Å². The van der Waals surface area contributed by atoms with Gasteiger partial charge in [0.1, 0.15) is 16.5 Å². The van der Waals surface area contributed by atoms with E-state index in [1.165, 1.54) is 17.9 Å². The minimum atomic E-state index is 0.284. The normalized spacial score (nSPS) is 19.6. The molecule has 0 bridgehead atoms. The van der Waals surface area contributed by atoms with Crippen LogP contribution in [0.4, 0.5) is 5.82 Å². The molecule has 1 saturated heterocycles. The van der Waals surface area contributed by atoms with Crippen LogP contribution in [-0.2, 0) is 0 Å². The summed E-state index contributed by atoms with van der Waals surface area (Å²) < 4.78 is 0. The minimum absolute atomic E-state index is 0.284. The number of nitrogens with one attached hydrogen (secondary N) is 1. The molecule has 4 nitrogen and oxygen atoms in total. The fourth-order valence-electron chi connectivity index (χ4n) is 1.54. The highest BCUT2D eigenvalue weighted by atomic mass is 32.2. The number of thioether (sulfide) groups is 1. The quantitative estimate of drug-likeness (QED) is 0.789. The lowest BCUT2D eigenvalue weighted by molar-refractivity contribution is 0.630. The summed E-state index contributed by atoms with van der Waals surface area (Å²) >= 11 is 6.82. The van der Waals surface area contributed by atoms with Gasteiger partial charge in [0, 0.05) is 6.54 Å². The molecule has 1 unspecified atom stereocenters. The van der Waals surface area contributed by atoms with Crippen LogP contribution in [0, 0.1) is 5.92 Å². The second-order valence-corrected chi connectivity index (χ2v) is 5.35. The smallest absolute Gasteiger partial charge is 0.144 e. The van der Waals surface area contributed by atoms with Gasteiger partial charge in [-0.05, 0) is 23.8 Å². The second kappa shape index (κ2) is 5.45. The average Bonchev–Trinajstić information content (AvgIpc) is 2.80. The van der Waals surface area contributed by atoms with Crippen molar-refractivity contribution in [3.8, 4) is 0 Å². The molecule has 0 radical (unpaired) electrons. The summed E-state index contributed by atoms with van der Waals surface area (Å²) in [6.45, 7) is 0.966. The third kappa shape index (κ3) is 3.05. The number of anilines is 1. The van der Waals surface area contributed by atoms with Crippen molar-refractivity contribution in [1.29, 1.82) is 0 Å². The molecule has 1 aromatic heterocycles. The molecule has 0 aliphatic carbocycles. The minimum Gasteiger partial charge on any atom is -0.388 e. The van der Waals surface area contributed by atoms with Gasteiger partial charge >= 0.3 is 0 Å². The number of hydrogen-bond acceptors (Lipinski definition) is 5. The number of rotatable bonds is 4. The van der Waals surface area contributed by atoms with Crippen LogP contribution in [0.2, 0.25) is 0 Å². The van der Waals surface area contributed by atoms with E-state index in [-0.39, 0.29) is 4.99 Å². The van der Waals surface area contributed by atoms with E-state index in [1.807, 2.05) is 11.8 Å². The van der Waals surface area contributed by atoms with E-state index in [1.54, 1.807) is 12.4 Å². The van der Waals surface area contributed by atoms with Gasteiger partial charge in [-0.25, -0.2) is 9.97 Å². The van der Waals surface area contributed by atoms with Gasteiger partial charge in [-0.3, -0.25) is 0 Å². The Morgan fingerprint density at radius 3 is 3.00 bits per heavy atom. The zero-order chi connectivity index (χ0) is 11.4. The lowest BCUT2D eigenvalue weighted by Crippen LogP contribution is -2.16. The molecular formula is C10H14N4S2. The van der Waals surface area contributed by atoms with Crippen LogP contribution in [0.25, 0.3) is 0 Å². The first-order valence-corrected chi connectivity index (χ1v) is 6.75. The van der Waals surface area contributed by atoms with Gasteiger partial charge in [-0.15, -0.1) is 0 Å². The van der Waals surface area contributed by atoms with Crippen molar-refractivity contribution in [2.75, 3.05) is 23.4 Å².